The van der Waals surface area contributed by atoms with Crippen LogP contribution in [0.25, 0.3) is 0 Å². The number of alkyl halides is 3. The van der Waals surface area contributed by atoms with E-state index in [-0.39, 0.29) is 40.7 Å². The van der Waals surface area contributed by atoms with Crippen molar-refractivity contribution in [3.63, 3.8) is 0 Å². The van der Waals surface area contributed by atoms with Gasteiger partial charge in [0.05, 0.1) is 18.2 Å². The van der Waals surface area contributed by atoms with Crippen LogP contribution in [-0.2, 0) is 42.9 Å². The minimum Gasteiger partial charge on any atom is -0.458 e. The van der Waals surface area contributed by atoms with Crippen LogP contribution >= 0.6 is 0 Å². The van der Waals surface area contributed by atoms with Gasteiger partial charge >= 0.3 is 30.0 Å². The molecule has 3 aliphatic heterocycles. The van der Waals surface area contributed by atoms with Crippen molar-refractivity contribution in [2.45, 2.75) is 134 Å². The van der Waals surface area contributed by atoms with Gasteiger partial charge in [0.15, 0.2) is 12.4 Å². The molecule has 2 saturated heterocycles. The van der Waals surface area contributed by atoms with E-state index in [1.807, 2.05) is 0 Å². The van der Waals surface area contributed by atoms with Crippen molar-refractivity contribution < 1.29 is 61.1 Å². The highest BCUT2D eigenvalue weighted by Gasteiger charge is 2.68. The first-order valence-electron chi connectivity index (χ1n) is 17.6. The summed E-state index contributed by atoms with van der Waals surface area (Å²) in [5.41, 5.74) is -0.261. The van der Waals surface area contributed by atoms with Crippen LogP contribution in [0.1, 0.15) is 85.5 Å². The number of rotatable bonds is 5. The van der Waals surface area contributed by atoms with Crippen molar-refractivity contribution in [1.82, 2.24) is 4.90 Å². The Hall–Kier alpha value is -2.71. The quantitative estimate of drug-likeness (QED) is 0.332. The van der Waals surface area contributed by atoms with Crippen LogP contribution in [0.2, 0.25) is 0 Å². The predicted molar refractivity (Wildman–Crippen MR) is 162 cm³/mol. The van der Waals surface area contributed by atoms with Gasteiger partial charge in [-0.15, -0.1) is 0 Å². The highest BCUT2D eigenvalue weighted by atomic mass is 19.4. The van der Waals surface area contributed by atoms with Gasteiger partial charge in [-0.2, -0.15) is 13.2 Å². The second-order valence-electron chi connectivity index (χ2n) is 16.0. The lowest BCUT2D eigenvalue weighted by atomic mass is 9.43. The molecule has 11 nitrogen and oxygen atoms in total. The molecule has 0 aromatic rings. The van der Waals surface area contributed by atoms with Crippen LogP contribution in [0.3, 0.4) is 0 Å². The minimum atomic E-state index is -5.20. The molecule has 3 heterocycles. The number of carbonyl (C=O) groups is 4. The molecule has 0 aromatic heterocycles. The summed E-state index contributed by atoms with van der Waals surface area (Å²) < 4.78 is 69.4. The maximum atomic E-state index is 13.6. The highest BCUT2D eigenvalue weighted by Crippen LogP contribution is 2.70. The molecule has 7 aliphatic rings. The van der Waals surface area contributed by atoms with E-state index in [0.717, 1.165) is 57.9 Å². The van der Waals surface area contributed by atoms with E-state index in [9.17, 15) is 37.5 Å². The lowest BCUT2D eigenvalue weighted by molar-refractivity contribution is -0.238. The number of ether oxygens (including phenoxy) is 5. The standard InChI is InChI=1S/C35H46F3NO10/c1-17(40)46-25-15-39(31(43)35(36,37)38)27-28(25)49-30(29(27)47-18(2)41)48-21-7-10-32(3)20(14-21)5-6-24-23(32)8-11-33(4)22(9-12-34(24,33)44)19-13-26(42)45-16-19/h13,20-25,27-30,44H,5-12,14-16H2,1-4H3/t20?,21?,22-,23+,24-,25-,27+,28-,29-,30-,32+,33-,34-/m1/s1. The summed E-state index contributed by atoms with van der Waals surface area (Å²) >= 11 is 0. The van der Waals surface area contributed by atoms with Gasteiger partial charge in [0.2, 0.25) is 0 Å². The summed E-state index contributed by atoms with van der Waals surface area (Å²) in [4.78, 5) is 48.9. The van der Waals surface area contributed by atoms with Crippen LogP contribution in [-0.4, -0.2) is 95.5 Å². The topological polar surface area (TPSA) is 138 Å². The molecule has 0 aromatic carbocycles. The molecule has 1 N–H and O–H groups in total. The number of halogens is 3. The van der Waals surface area contributed by atoms with Gasteiger partial charge in [-0.3, -0.25) is 14.4 Å². The second-order valence-corrected chi connectivity index (χ2v) is 16.0. The van der Waals surface area contributed by atoms with E-state index in [2.05, 4.69) is 13.8 Å². The second kappa shape index (κ2) is 11.9. The van der Waals surface area contributed by atoms with Gasteiger partial charge in [0.1, 0.15) is 24.9 Å². The SMILES string of the molecule is CC(=O)O[C@H]1[C@H](OC2CC[C@@]3(C)C(CC[C@@H]4[C@@H]3CC[C@]3(C)[C@@H](C5=CC(=O)OC5)CC[C@@]43O)C2)O[C@H]2[C@@H]1N(C(=O)C(F)(F)F)C[C@H]2OC(C)=O. The molecule has 14 heteroatoms. The number of cyclic esters (lactones) is 1. The normalized spacial score (nSPS) is 45.8. The number of carbonyl (C=O) groups excluding carboxylic acids is 4. The van der Waals surface area contributed by atoms with Gasteiger partial charge in [-0.25, -0.2) is 4.79 Å². The molecule has 272 valence electrons. The predicted octanol–water partition coefficient (Wildman–Crippen LogP) is 3.99. The average molecular weight is 698 g/mol. The molecule has 0 bridgehead atoms. The van der Waals surface area contributed by atoms with Crippen LogP contribution in [0.15, 0.2) is 11.6 Å². The van der Waals surface area contributed by atoms with Gasteiger partial charge in [-0.1, -0.05) is 13.8 Å². The Labute approximate surface area is 283 Å². The summed E-state index contributed by atoms with van der Waals surface area (Å²) in [6.45, 7) is 6.49. The molecule has 7 rings (SSSR count). The zero-order valence-electron chi connectivity index (χ0n) is 28.3. The fourth-order valence-electron chi connectivity index (χ4n) is 11.6. The van der Waals surface area contributed by atoms with Gasteiger partial charge < -0.3 is 33.7 Å². The number of hydrogen-bond acceptors (Lipinski definition) is 10. The number of hydrogen-bond donors (Lipinski definition) is 1. The van der Waals surface area contributed by atoms with Crippen molar-refractivity contribution in [2.75, 3.05) is 13.2 Å². The van der Waals surface area contributed by atoms with Crippen LogP contribution in [0.4, 0.5) is 13.2 Å². The number of amides is 1. The van der Waals surface area contributed by atoms with E-state index >= 15 is 0 Å². The third-order valence-corrected chi connectivity index (χ3v) is 13.7. The zero-order valence-corrected chi connectivity index (χ0v) is 28.3. The van der Waals surface area contributed by atoms with E-state index in [4.69, 9.17) is 23.7 Å². The van der Waals surface area contributed by atoms with Gasteiger partial charge in [0, 0.05) is 25.3 Å². The van der Waals surface area contributed by atoms with Crippen molar-refractivity contribution in [2.24, 2.45) is 34.5 Å². The van der Waals surface area contributed by atoms with Crippen molar-refractivity contribution in [1.29, 1.82) is 0 Å². The summed E-state index contributed by atoms with van der Waals surface area (Å²) in [6, 6.07) is -1.35. The number of aliphatic hydroxyl groups is 1. The monoisotopic (exact) mass is 697 g/mol. The Balaban J connectivity index is 1.07. The number of nitrogens with zero attached hydrogens (tertiary/aromatic N) is 1. The molecule has 49 heavy (non-hydrogen) atoms. The van der Waals surface area contributed by atoms with Crippen molar-refractivity contribution in [3.8, 4) is 0 Å². The Bertz CT molecular complexity index is 1440. The number of esters is 3. The third kappa shape index (κ3) is 5.49. The molecule has 2 unspecified atom stereocenters. The van der Waals surface area contributed by atoms with Crippen LogP contribution in [0.5, 0.6) is 0 Å². The lowest BCUT2D eigenvalue weighted by Gasteiger charge is -2.63. The van der Waals surface area contributed by atoms with Crippen LogP contribution in [0, 0.1) is 34.5 Å². The Morgan fingerprint density at radius 1 is 0.980 bits per heavy atom. The maximum Gasteiger partial charge on any atom is 0.471 e. The lowest BCUT2D eigenvalue weighted by Crippen LogP contribution is -2.62. The maximum absolute atomic E-state index is 13.6. The zero-order chi connectivity index (χ0) is 35.3. The first-order chi connectivity index (χ1) is 23.0. The molecule has 1 amide bonds. The first kappa shape index (κ1) is 34.7. The average Bonchev–Trinajstić information content (AvgIpc) is 3.75. The third-order valence-electron chi connectivity index (χ3n) is 13.7. The molecule has 0 spiro atoms. The Morgan fingerprint density at radius 3 is 2.37 bits per heavy atom. The fourth-order valence-corrected chi connectivity index (χ4v) is 11.6. The molecule has 0 radical (unpaired) electrons. The van der Waals surface area contributed by atoms with Crippen molar-refractivity contribution in [3.05, 3.63) is 11.6 Å². The molecule has 4 saturated carbocycles. The smallest absolute Gasteiger partial charge is 0.458 e. The molecular formula is C35H46F3NO10. The minimum absolute atomic E-state index is 0.0672. The largest absolute Gasteiger partial charge is 0.471 e. The Morgan fingerprint density at radius 2 is 1.71 bits per heavy atom. The molecular weight excluding hydrogens is 651 g/mol. The molecule has 6 fully saturated rings. The van der Waals surface area contributed by atoms with Crippen molar-refractivity contribution >= 4 is 23.8 Å². The summed E-state index contributed by atoms with van der Waals surface area (Å²) in [5, 5.41) is 12.5. The summed E-state index contributed by atoms with van der Waals surface area (Å²) in [5.74, 6) is -3.18. The van der Waals surface area contributed by atoms with E-state index in [1.54, 1.807) is 6.08 Å². The molecule has 13 atom stereocenters. The van der Waals surface area contributed by atoms with Gasteiger partial charge in [0.25, 0.3) is 0 Å². The van der Waals surface area contributed by atoms with E-state index in [0.29, 0.717) is 36.7 Å². The van der Waals surface area contributed by atoms with E-state index < -0.39 is 66.8 Å². The summed E-state index contributed by atoms with van der Waals surface area (Å²) in [7, 11) is 0. The highest BCUT2D eigenvalue weighted by molar-refractivity contribution is 5.85. The van der Waals surface area contributed by atoms with Gasteiger partial charge in [-0.05, 0) is 92.4 Å². The fraction of sp³-hybridized carbons (Fsp3) is 0.829. The number of likely N-dealkylation sites (tertiary alicyclic amines) is 1. The Kier molecular flexibility index (Phi) is 8.46. The first-order valence-corrected chi connectivity index (χ1v) is 17.6. The van der Waals surface area contributed by atoms with E-state index in [1.165, 1.54) is 0 Å². The number of fused-ring (bicyclic) bond motifs is 6. The van der Waals surface area contributed by atoms with Crippen LogP contribution < -0.4 is 0 Å². The summed E-state index contributed by atoms with van der Waals surface area (Å²) in [6.07, 6.45) is -1.79. The molecule has 4 aliphatic carbocycles.